The normalized spacial score (nSPS) is 17.8. The molecule has 0 radical (unpaired) electrons. The van der Waals surface area contributed by atoms with Gasteiger partial charge in [-0.3, -0.25) is 0 Å². The van der Waals surface area contributed by atoms with Gasteiger partial charge >= 0.3 is 0 Å². The Morgan fingerprint density at radius 1 is 1.62 bits per heavy atom. The van der Waals surface area contributed by atoms with Gasteiger partial charge in [-0.15, -0.1) is 11.3 Å². The van der Waals surface area contributed by atoms with Crippen LogP contribution in [0.3, 0.4) is 0 Å². The van der Waals surface area contributed by atoms with Crippen molar-refractivity contribution in [1.29, 1.82) is 0 Å². The molecule has 0 saturated heterocycles. The topological polar surface area (TPSA) is 21.3 Å². The minimum absolute atomic E-state index is 0.123. The van der Waals surface area contributed by atoms with E-state index in [1.807, 2.05) is 11.4 Å². The molecule has 0 aromatic carbocycles. The summed E-state index contributed by atoms with van der Waals surface area (Å²) in [6.07, 6.45) is 4.38. The monoisotopic (exact) mass is 257 g/mol. The highest BCUT2D eigenvalue weighted by Gasteiger charge is 2.22. The molecule has 1 aromatic rings. The average molecular weight is 258 g/mol. The summed E-state index contributed by atoms with van der Waals surface area (Å²) in [5, 5.41) is 6.27. The molecule has 1 aliphatic rings. The molecule has 1 aliphatic heterocycles. The van der Waals surface area contributed by atoms with Crippen molar-refractivity contribution in [2.75, 3.05) is 13.2 Å². The van der Waals surface area contributed by atoms with E-state index in [-0.39, 0.29) is 6.04 Å². The molecule has 2 heterocycles. The lowest BCUT2D eigenvalue weighted by atomic mass is 10.1. The van der Waals surface area contributed by atoms with Gasteiger partial charge in [0.25, 0.3) is 0 Å². The second kappa shape index (κ2) is 5.71. The third kappa shape index (κ3) is 2.59. The molecule has 0 amide bonds. The smallest absolute Gasteiger partial charge is 0.114 e. The second-order valence-corrected chi connectivity index (χ2v) is 5.08. The van der Waals surface area contributed by atoms with Crippen molar-refractivity contribution in [3.05, 3.63) is 33.2 Å². The summed E-state index contributed by atoms with van der Waals surface area (Å²) in [7, 11) is 0. The predicted molar refractivity (Wildman–Crippen MR) is 69.0 cm³/mol. The Balaban J connectivity index is 2.23. The zero-order valence-electron chi connectivity index (χ0n) is 9.33. The zero-order chi connectivity index (χ0) is 11.4. The molecule has 16 heavy (non-hydrogen) atoms. The largest absolute Gasteiger partial charge is 0.496 e. The molecule has 88 valence electrons. The number of thiophene rings is 1. The Morgan fingerprint density at radius 2 is 2.50 bits per heavy atom. The number of rotatable bonds is 4. The number of hydrogen-bond acceptors (Lipinski definition) is 3. The molecule has 1 unspecified atom stereocenters. The molecule has 1 atom stereocenters. The quantitative estimate of drug-likeness (QED) is 0.887. The zero-order valence-corrected chi connectivity index (χ0v) is 10.9. The first-order chi connectivity index (χ1) is 7.83. The van der Waals surface area contributed by atoms with Crippen LogP contribution in [0.5, 0.6) is 0 Å². The van der Waals surface area contributed by atoms with Gasteiger partial charge in [0.2, 0.25) is 0 Å². The van der Waals surface area contributed by atoms with Crippen LogP contribution in [0.4, 0.5) is 0 Å². The number of likely N-dealkylation sites (N-methyl/N-ethyl adjacent to an activating group) is 1. The summed E-state index contributed by atoms with van der Waals surface area (Å²) >= 11 is 7.85. The number of ether oxygens (including phenoxy) is 1. The predicted octanol–water partition coefficient (Wildman–Crippen LogP) is 3.75. The fraction of sp³-hybridized carbons (Fsp3) is 0.500. The Hall–Kier alpha value is -0.510. The van der Waals surface area contributed by atoms with Crippen molar-refractivity contribution in [3.8, 4) is 0 Å². The Labute approximate surface area is 105 Å². The summed E-state index contributed by atoms with van der Waals surface area (Å²) in [6, 6.07) is 2.06. The van der Waals surface area contributed by atoms with Crippen molar-refractivity contribution in [2.24, 2.45) is 0 Å². The highest BCUT2D eigenvalue weighted by atomic mass is 35.5. The highest BCUT2D eigenvalue weighted by molar-refractivity contribution is 7.10. The Morgan fingerprint density at radius 3 is 3.06 bits per heavy atom. The van der Waals surface area contributed by atoms with Gasteiger partial charge in [0, 0.05) is 4.88 Å². The lowest BCUT2D eigenvalue weighted by Crippen LogP contribution is -2.24. The molecule has 0 saturated carbocycles. The number of halogens is 1. The first-order valence-corrected chi connectivity index (χ1v) is 6.87. The van der Waals surface area contributed by atoms with E-state index >= 15 is 0 Å². The van der Waals surface area contributed by atoms with Crippen LogP contribution in [0.1, 0.15) is 30.7 Å². The van der Waals surface area contributed by atoms with E-state index in [0.717, 1.165) is 41.7 Å². The van der Waals surface area contributed by atoms with E-state index in [1.54, 1.807) is 11.3 Å². The molecular weight excluding hydrogens is 242 g/mol. The van der Waals surface area contributed by atoms with Crippen molar-refractivity contribution in [2.45, 2.75) is 25.8 Å². The Bertz CT molecular complexity index is 375. The molecule has 0 spiro atoms. The van der Waals surface area contributed by atoms with E-state index in [9.17, 15) is 0 Å². The highest BCUT2D eigenvalue weighted by Crippen LogP contribution is 2.34. The second-order valence-electron chi connectivity index (χ2n) is 3.72. The van der Waals surface area contributed by atoms with E-state index in [2.05, 4.69) is 18.3 Å². The number of nitrogens with one attached hydrogen (secondary N) is 1. The van der Waals surface area contributed by atoms with Crippen molar-refractivity contribution < 1.29 is 4.74 Å². The molecule has 0 aliphatic carbocycles. The third-order valence-electron chi connectivity index (χ3n) is 2.56. The molecule has 0 fully saturated rings. The number of hydrogen-bond donors (Lipinski definition) is 1. The maximum absolute atomic E-state index is 6.18. The van der Waals surface area contributed by atoms with Crippen LogP contribution < -0.4 is 5.32 Å². The van der Waals surface area contributed by atoms with Crippen molar-refractivity contribution in [3.63, 3.8) is 0 Å². The molecule has 4 heteroatoms. The van der Waals surface area contributed by atoms with Crippen LogP contribution in [-0.4, -0.2) is 13.2 Å². The maximum Gasteiger partial charge on any atom is 0.114 e. The van der Waals surface area contributed by atoms with Gasteiger partial charge in [-0.25, -0.2) is 0 Å². The van der Waals surface area contributed by atoms with Crippen LogP contribution >= 0.6 is 22.9 Å². The molecule has 0 bridgehead atoms. The summed E-state index contributed by atoms with van der Waals surface area (Å²) < 4.78 is 5.72. The van der Waals surface area contributed by atoms with Gasteiger partial charge in [-0.05, 0) is 36.9 Å². The minimum Gasteiger partial charge on any atom is -0.496 e. The van der Waals surface area contributed by atoms with E-state index in [1.165, 1.54) is 0 Å². The van der Waals surface area contributed by atoms with Crippen LogP contribution in [0.25, 0.3) is 0 Å². The third-order valence-corrected chi connectivity index (χ3v) is 3.99. The standard InChI is InChI=1S/C12H16ClNOS/c1-2-14-11(10-5-3-4-7-15-10)12-9(13)6-8-16-12/h5-6,8,11,14H,2-4,7H2,1H3. The first kappa shape index (κ1) is 12.0. The van der Waals surface area contributed by atoms with Crippen molar-refractivity contribution in [1.82, 2.24) is 5.32 Å². The summed E-state index contributed by atoms with van der Waals surface area (Å²) in [6.45, 7) is 3.81. The molecule has 2 rings (SSSR count). The SMILES string of the molecule is CCNC(C1=CCCCO1)c1sccc1Cl. The summed E-state index contributed by atoms with van der Waals surface area (Å²) in [5.74, 6) is 1.03. The lowest BCUT2D eigenvalue weighted by Gasteiger charge is -2.24. The van der Waals surface area contributed by atoms with Crippen LogP contribution in [0.2, 0.25) is 5.02 Å². The van der Waals surface area contributed by atoms with Gasteiger partial charge in [-0.2, -0.15) is 0 Å². The van der Waals surface area contributed by atoms with Gasteiger partial charge in [0.1, 0.15) is 11.8 Å². The molecule has 1 N–H and O–H groups in total. The van der Waals surface area contributed by atoms with Crippen LogP contribution in [0, 0.1) is 0 Å². The maximum atomic E-state index is 6.18. The first-order valence-electron chi connectivity index (χ1n) is 5.62. The fourth-order valence-electron chi connectivity index (χ4n) is 1.82. The molecular formula is C12H16ClNOS. The van der Waals surface area contributed by atoms with Gasteiger partial charge in [-0.1, -0.05) is 18.5 Å². The van der Waals surface area contributed by atoms with Gasteiger partial charge in [0.05, 0.1) is 11.6 Å². The fourth-order valence-corrected chi connectivity index (χ4v) is 3.06. The summed E-state index contributed by atoms with van der Waals surface area (Å²) in [5.41, 5.74) is 0. The summed E-state index contributed by atoms with van der Waals surface area (Å²) in [4.78, 5) is 1.15. The van der Waals surface area contributed by atoms with Gasteiger partial charge in [0.15, 0.2) is 0 Å². The van der Waals surface area contributed by atoms with Gasteiger partial charge < -0.3 is 10.1 Å². The number of allylic oxidation sites excluding steroid dienone is 1. The van der Waals surface area contributed by atoms with Crippen LogP contribution in [-0.2, 0) is 4.74 Å². The van der Waals surface area contributed by atoms with E-state index in [0.29, 0.717) is 0 Å². The molecule has 1 aromatic heterocycles. The minimum atomic E-state index is 0.123. The van der Waals surface area contributed by atoms with Crippen LogP contribution in [0.15, 0.2) is 23.3 Å². The molecule has 2 nitrogen and oxygen atoms in total. The van der Waals surface area contributed by atoms with Crippen molar-refractivity contribution >= 4 is 22.9 Å². The average Bonchev–Trinajstić information content (AvgIpc) is 2.73. The lowest BCUT2D eigenvalue weighted by molar-refractivity contribution is 0.169. The Kier molecular flexibility index (Phi) is 4.27. The van der Waals surface area contributed by atoms with E-state index in [4.69, 9.17) is 16.3 Å². The van der Waals surface area contributed by atoms with E-state index < -0.39 is 0 Å².